The van der Waals surface area contributed by atoms with Gasteiger partial charge in [-0.25, -0.2) is 4.79 Å². The van der Waals surface area contributed by atoms with Crippen LogP contribution < -0.4 is 0 Å². The van der Waals surface area contributed by atoms with Crippen molar-refractivity contribution in [3.05, 3.63) is 23.2 Å². The lowest BCUT2D eigenvalue weighted by Gasteiger charge is -1.87. The molecular formula is C7H7BrO3. The van der Waals surface area contributed by atoms with E-state index in [0.717, 1.165) is 5.56 Å². The van der Waals surface area contributed by atoms with Crippen molar-refractivity contribution < 1.29 is 14.3 Å². The van der Waals surface area contributed by atoms with Gasteiger partial charge >= 0.3 is 5.97 Å². The lowest BCUT2D eigenvalue weighted by Crippen LogP contribution is -1.91. The minimum Gasteiger partial charge on any atom is -0.475 e. The molecule has 1 rings (SSSR count). The highest BCUT2D eigenvalue weighted by Gasteiger charge is 2.11. The van der Waals surface area contributed by atoms with Gasteiger partial charge in [-0.2, -0.15) is 0 Å². The Morgan fingerprint density at radius 3 is 2.73 bits per heavy atom. The van der Waals surface area contributed by atoms with Gasteiger partial charge in [0.15, 0.2) is 0 Å². The van der Waals surface area contributed by atoms with Crippen molar-refractivity contribution in [2.75, 3.05) is 0 Å². The number of hydrogen-bond acceptors (Lipinski definition) is 2. The van der Waals surface area contributed by atoms with E-state index in [1.165, 1.54) is 6.07 Å². The monoisotopic (exact) mass is 218 g/mol. The predicted octanol–water partition coefficient (Wildman–Crippen LogP) is 2.18. The van der Waals surface area contributed by atoms with Crippen LogP contribution in [0.25, 0.3) is 0 Å². The van der Waals surface area contributed by atoms with Crippen LogP contribution in [0, 0.1) is 6.92 Å². The summed E-state index contributed by atoms with van der Waals surface area (Å²) in [4.78, 5) is 10.4. The molecule has 4 heteroatoms. The highest BCUT2D eigenvalue weighted by Crippen LogP contribution is 2.16. The Hall–Kier alpha value is -0.770. The van der Waals surface area contributed by atoms with Crippen LogP contribution in [0.15, 0.2) is 10.5 Å². The molecule has 0 atom stereocenters. The number of hydrogen-bond donors (Lipinski definition) is 1. The summed E-state index contributed by atoms with van der Waals surface area (Å²) in [7, 11) is 0. The van der Waals surface area contributed by atoms with Crippen molar-refractivity contribution in [1.29, 1.82) is 0 Å². The summed E-state index contributed by atoms with van der Waals surface area (Å²) < 4.78 is 4.98. The molecule has 0 aliphatic carbocycles. The second kappa shape index (κ2) is 3.09. The van der Waals surface area contributed by atoms with Crippen molar-refractivity contribution in [1.82, 2.24) is 0 Å². The molecule has 3 nitrogen and oxygen atoms in total. The van der Waals surface area contributed by atoms with Crippen LogP contribution in [-0.2, 0) is 5.33 Å². The average Bonchev–Trinajstić information content (AvgIpc) is 2.31. The largest absolute Gasteiger partial charge is 0.475 e. The number of carboxylic acids is 1. The number of aromatic carboxylic acids is 1. The molecule has 0 aliphatic rings. The molecule has 0 spiro atoms. The number of rotatable bonds is 2. The van der Waals surface area contributed by atoms with Crippen molar-refractivity contribution in [2.45, 2.75) is 12.3 Å². The summed E-state index contributed by atoms with van der Waals surface area (Å²) in [5.74, 6) is -0.361. The smallest absolute Gasteiger partial charge is 0.371 e. The van der Waals surface area contributed by atoms with Gasteiger partial charge in [-0.15, -0.1) is 0 Å². The van der Waals surface area contributed by atoms with E-state index in [9.17, 15) is 4.79 Å². The minimum atomic E-state index is -1.03. The van der Waals surface area contributed by atoms with Crippen molar-refractivity contribution in [3.8, 4) is 0 Å². The standard InChI is InChI=1S/C7H7BrO3/c1-4-2-5(7(9)10)11-6(4)3-8/h2H,3H2,1H3,(H,9,10). The predicted molar refractivity (Wildman–Crippen MR) is 43.0 cm³/mol. The lowest BCUT2D eigenvalue weighted by molar-refractivity contribution is 0.0661. The molecule has 0 saturated heterocycles. The quantitative estimate of drug-likeness (QED) is 0.775. The zero-order chi connectivity index (χ0) is 8.43. The number of aryl methyl sites for hydroxylation is 1. The Kier molecular flexibility index (Phi) is 2.34. The van der Waals surface area contributed by atoms with Crippen LogP contribution >= 0.6 is 15.9 Å². The van der Waals surface area contributed by atoms with Gasteiger partial charge in [-0.3, -0.25) is 0 Å². The zero-order valence-corrected chi connectivity index (χ0v) is 7.51. The van der Waals surface area contributed by atoms with Crippen molar-refractivity contribution in [2.24, 2.45) is 0 Å². The first-order valence-corrected chi connectivity index (χ1v) is 4.16. The number of carboxylic acid groups (broad SMARTS) is 1. The van der Waals surface area contributed by atoms with E-state index in [4.69, 9.17) is 9.52 Å². The number of alkyl halides is 1. The van der Waals surface area contributed by atoms with Gasteiger partial charge in [0, 0.05) is 0 Å². The SMILES string of the molecule is Cc1cc(C(=O)O)oc1CBr. The average molecular weight is 219 g/mol. The van der Waals surface area contributed by atoms with E-state index < -0.39 is 5.97 Å². The molecular weight excluding hydrogens is 212 g/mol. The van der Waals surface area contributed by atoms with Gasteiger partial charge in [0.05, 0.1) is 5.33 Å². The number of carbonyl (C=O) groups is 1. The van der Waals surface area contributed by atoms with Crippen LogP contribution in [0.5, 0.6) is 0 Å². The molecule has 0 saturated carbocycles. The molecule has 0 unspecified atom stereocenters. The highest BCUT2D eigenvalue weighted by molar-refractivity contribution is 9.08. The second-order valence-corrected chi connectivity index (χ2v) is 2.72. The van der Waals surface area contributed by atoms with Crippen LogP contribution in [0.1, 0.15) is 21.9 Å². The highest BCUT2D eigenvalue weighted by atomic mass is 79.9. The van der Waals surface area contributed by atoms with E-state index in [1.54, 1.807) is 0 Å². The zero-order valence-electron chi connectivity index (χ0n) is 5.93. The molecule has 11 heavy (non-hydrogen) atoms. The minimum absolute atomic E-state index is 0.00282. The molecule has 1 aromatic heterocycles. The first-order chi connectivity index (χ1) is 5.15. The molecule has 60 valence electrons. The Balaban J connectivity index is 3.05. The maximum absolute atomic E-state index is 10.4. The maximum atomic E-state index is 10.4. The first-order valence-electron chi connectivity index (χ1n) is 3.03. The maximum Gasteiger partial charge on any atom is 0.371 e. The Morgan fingerprint density at radius 1 is 1.82 bits per heavy atom. The van der Waals surface area contributed by atoms with E-state index in [2.05, 4.69) is 15.9 Å². The van der Waals surface area contributed by atoms with Crippen LogP contribution in [0.2, 0.25) is 0 Å². The van der Waals surface area contributed by atoms with E-state index >= 15 is 0 Å². The third-order valence-corrected chi connectivity index (χ3v) is 1.86. The molecule has 0 radical (unpaired) electrons. The fourth-order valence-electron chi connectivity index (χ4n) is 0.758. The fraction of sp³-hybridized carbons (Fsp3) is 0.286. The van der Waals surface area contributed by atoms with Gasteiger partial charge in [0.25, 0.3) is 0 Å². The summed E-state index contributed by atoms with van der Waals surface area (Å²) in [6.07, 6.45) is 0. The normalized spacial score (nSPS) is 10.0. The molecule has 1 heterocycles. The summed E-state index contributed by atoms with van der Waals surface area (Å²) in [5.41, 5.74) is 0.860. The van der Waals surface area contributed by atoms with Crippen molar-refractivity contribution >= 4 is 21.9 Å². The van der Waals surface area contributed by atoms with Gasteiger partial charge in [0.2, 0.25) is 5.76 Å². The summed E-state index contributed by atoms with van der Waals surface area (Å²) >= 11 is 3.18. The van der Waals surface area contributed by atoms with Gasteiger partial charge in [-0.1, -0.05) is 15.9 Å². The van der Waals surface area contributed by atoms with Gasteiger partial charge < -0.3 is 9.52 Å². The van der Waals surface area contributed by atoms with E-state index in [1.807, 2.05) is 6.92 Å². The summed E-state index contributed by atoms with van der Waals surface area (Å²) in [6, 6.07) is 1.51. The van der Waals surface area contributed by atoms with Crippen LogP contribution in [0.4, 0.5) is 0 Å². The molecule has 0 bridgehead atoms. The molecule has 0 amide bonds. The molecule has 0 aliphatic heterocycles. The van der Waals surface area contributed by atoms with Crippen LogP contribution in [0.3, 0.4) is 0 Å². The van der Waals surface area contributed by atoms with Crippen LogP contribution in [-0.4, -0.2) is 11.1 Å². The molecule has 0 aromatic carbocycles. The van der Waals surface area contributed by atoms with Gasteiger partial charge in [-0.05, 0) is 18.6 Å². The third kappa shape index (κ3) is 1.63. The molecule has 1 aromatic rings. The summed E-state index contributed by atoms with van der Waals surface area (Å²) in [5, 5.41) is 9.06. The molecule has 0 fully saturated rings. The Labute approximate surface area is 72.1 Å². The first kappa shape index (κ1) is 8.33. The van der Waals surface area contributed by atoms with Crippen molar-refractivity contribution in [3.63, 3.8) is 0 Å². The second-order valence-electron chi connectivity index (χ2n) is 2.16. The Bertz CT molecular complexity index is 277. The summed E-state index contributed by atoms with van der Waals surface area (Å²) in [6.45, 7) is 1.81. The topological polar surface area (TPSA) is 50.4 Å². The number of halogens is 1. The lowest BCUT2D eigenvalue weighted by atomic mass is 10.3. The van der Waals surface area contributed by atoms with E-state index in [-0.39, 0.29) is 5.76 Å². The molecule has 1 N–H and O–H groups in total. The Morgan fingerprint density at radius 2 is 2.45 bits per heavy atom. The van der Waals surface area contributed by atoms with Gasteiger partial charge in [0.1, 0.15) is 5.76 Å². The number of furan rings is 1. The third-order valence-electron chi connectivity index (χ3n) is 1.35. The fourth-order valence-corrected chi connectivity index (χ4v) is 1.31. The van der Waals surface area contributed by atoms with E-state index in [0.29, 0.717) is 11.1 Å².